The van der Waals surface area contributed by atoms with Crippen molar-refractivity contribution < 1.29 is 39.2 Å². The number of halogens is 2. The summed E-state index contributed by atoms with van der Waals surface area (Å²) in [7, 11) is 2.80. The quantitative estimate of drug-likeness (QED) is 0.120. The van der Waals surface area contributed by atoms with E-state index in [1.807, 2.05) is 17.3 Å². The monoisotopic (exact) mass is 900 g/mol. The molecule has 0 bridgehead atoms. The van der Waals surface area contributed by atoms with E-state index in [1.165, 1.54) is 43.0 Å². The van der Waals surface area contributed by atoms with Crippen molar-refractivity contribution in [2.45, 2.75) is 33.1 Å². The van der Waals surface area contributed by atoms with Gasteiger partial charge < -0.3 is 21.9 Å². The first-order chi connectivity index (χ1) is 27.1. The molecule has 0 amide bonds. The molecule has 1 heterocycles. The molecule has 0 fully saturated rings. The second-order valence-corrected chi connectivity index (χ2v) is 17.8. The van der Waals surface area contributed by atoms with E-state index < -0.39 is 15.8 Å². The maximum absolute atomic E-state index is 6.61. The molecule has 8 rings (SSSR count). The smallest absolute Gasteiger partial charge is 0.127 e. The van der Waals surface area contributed by atoms with E-state index in [9.17, 15) is 0 Å². The number of benzene rings is 7. The Kier molecular flexibility index (Phi) is 17.2. The number of hydrogen-bond donors (Lipinski definition) is 0. The third-order valence-electron chi connectivity index (χ3n) is 9.35. The van der Waals surface area contributed by atoms with Crippen LogP contribution < -0.4 is 53.7 Å². The summed E-state index contributed by atoms with van der Waals surface area (Å²) in [6, 6.07) is 65.6. The summed E-state index contributed by atoms with van der Waals surface area (Å²) in [5.41, 5.74) is 5.05. The van der Waals surface area contributed by atoms with Crippen molar-refractivity contribution in [3.8, 4) is 22.6 Å². The topological polar surface area (TPSA) is 18.5 Å². The van der Waals surface area contributed by atoms with Crippen LogP contribution in [0.3, 0.4) is 0 Å². The molecule has 0 saturated heterocycles. The summed E-state index contributed by atoms with van der Waals surface area (Å²) in [6.07, 6.45) is 0.825. The van der Waals surface area contributed by atoms with E-state index in [1.54, 1.807) is 0 Å². The summed E-state index contributed by atoms with van der Waals surface area (Å²) in [5.74, 6) is 2.50. The molecule has 0 atom stereocenters. The van der Waals surface area contributed by atoms with Crippen LogP contribution in [0.15, 0.2) is 182 Å². The summed E-state index contributed by atoms with van der Waals surface area (Å²) >= 11 is 1.82. The number of rotatable bonds is 7. The zero-order valence-electron chi connectivity index (χ0n) is 31.8. The Morgan fingerprint density at radius 1 is 0.464 bits per heavy atom. The van der Waals surface area contributed by atoms with Crippen LogP contribution in [-0.2, 0) is 17.3 Å². The molecule has 1 aliphatic heterocycles. The Hall–Kier alpha value is -3.80. The van der Waals surface area contributed by atoms with E-state index in [0.717, 1.165) is 29.0 Å². The first-order valence-corrected chi connectivity index (χ1v) is 23.5. The van der Waals surface area contributed by atoms with Crippen LogP contribution in [0, 0.1) is 6.92 Å². The minimum absolute atomic E-state index is 0. The van der Waals surface area contributed by atoms with E-state index >= 15 is 0 Å². The van der Waals surface area contributed by atoms with Gasteiger partial charge in [-0.05, 0) is 78.2 Å². The summed E-state index contributed by atoms with van der Waals surface area (Å²) in [4.78, 5) is 0. The van der Waals surface area contributed by atoms with Gasteiger partial charge in [0.1, 0.15) is 11.5 Å². The molecule has 286 valence electrons. The van der Waals surface area contributed by atoms with Gasteiger partial charge in [-0.25, -0.2) is 0 Å². The maximum Gasteiger partial charge on any atom is 0.127 e. The van der Waals surface area contributed by atoms with Crippen LogP contribution in [0.25, 0.3) is 11.1 Å². The minimum Gasteiger partial charge on any atom is -0.493 e. The normalized spacial score (nSPS) is 11.7. The van der Waals surface area contributed by atoms with Crippen LogP contribution in [0.1, 0.15) is 37.3 Å². The zero-order chi connectivity index (χ0) is 38.4. The number of aryl methyl sites for hydroxylation is 1. The number of ether oxygens (including phenoxy) is 2. The van der Waals surface area contributed by atoms with Crippen LogP contribution in [0.4, 0.5) is 0 Å². The Balaban J connectivity index is 0.000000401. The summed E-state index contributed by atoms with van der Waals surface area (Å²) < 4.78 is 13.2. The predicted octanol–water partition coefficient (Wildman–Crippen LogP) is 7.84. The van der Waals surface area contributed by atoms with Gasteiger partial charge >= 0.3 is 27.0 Å². The Morgan fingerprint density at radius 2 is 0.804 bits per heavy atom. The Morgan fingerprint density at radius 3 is 1.12 bits per heavy atom. The van der Waals surface area contributed by atoms with Crippen LogP contribution in [0.5, 0.6) is 11.5 Å². The molecule has 0 saturated carbocycles. The van der Waals surface area contributed by atoms with E-state index in [4.69, 9.17) is 9.47 Å². The molecular formula is C49H46Cl2O2P2Ru. The van der Waals surface area contributed by atoms with Crippen molar-refractivity contribution in [2.75, 3.05) is 13.2 Å². The number of hydrogen-bond acceptors (Lipinski definition) is 2. The summed E-state index contributed by atoms with van der Waals surface area (Å²) in [5, 5.41) is 7.80. The fourth-order valence-electron chi connectivity index (χ4n) is 6.69. The van der Waals surface area contributed by atoms with Crippen molar-refractivity contribution >= 4 is 57.4 Å². The van der Waals surface area contributed by atoms with E-state index in [2.05, 4.69) is 212 Å². The molecule has 7 aromatic carbocycles. The molecule has 7 aromatic rings. The van der Waals surface area contributed by atoms with Gasteiger partial charge in [0, 0.05) is 17.5 Å². The van der Waals surface area contributed by atoms with Gasteiger partial charge in [0.2, 0.25) is 0 Å². The predicted molar refractivity (Wildman–Crippen MR) is 236 cm³/mol. The molecule has 56 heavy (non-hydrogen) atoms. The number of fused-ring (bicyclic) bond motifs is 3. The third-order valence-corrected chi connectivity index (χ3v) is 14.3. The van der Waals surface area contributed by atoms with Gasteiger partial charge in [-0.3, -0.25) is 0 Å². The van der Waals surface area contributed by atoms with Gasteiger partial charge in [0.15, 0.2) is 0 Å². The van der Waals surface area contributed by atoms with Crippen molar-refractivity contribution in [2.24, 2.45) is 0 Å². The molecule has 0 unspecified atom stereocenters. The molecule has 0 N–H and O–H groups in total. The molecule has 0 spiro atoms. The Labute approximate surface area is 356 Å². The van der Waals surface area contributed by atoms with E-state index in [-0.39, 0.29) is 12.4 Å². The van der Waals surface area contributed by atoms with Crippen LogP contribution >= 0.6 is 25.5 Å². The van der Waals surface area contributed by atoms with Crippen molar-refractivity contribution in [3.63, 3.8) is 0 Å². The van der Waals surface area contributed by atoms with E-state index in [0.29, 0.717) is 19.1 Å². The molecule has 7 heteroatoms. The van der Waals surface area contributed by atoms with Crippen molar-refractivity contribution in [1.29, 1.82) is 0 Å². The molecule has 2 nitrogen and oxygen atoms in total. The molecule has 0 aliphatic carbocycles. The van der Waals surface area contributed by atoms with Crippen molar-refractivity contribution in [1.82, 2.24) is 0 Å². The first kappa shape index (κ1) is 43.3. The first-order valence-electron chi connectivity index (χ1n) is 18.6. The average Bonchev–Trinajstić information content (AvgIpc) is 3.33. The SMILES string of the molecule is Cc1ccc(C(C)C)cc1.[Cl-].[Cl][Ru+].c1ccc(P(c2ccccc2)c2cccc3c2-c2c(cccc2P(c2ccccc2)c2ccccc2)OCCCO3)cc1. The molecular weight excluding hydrogens is 854 g/mol. The Bertz CT molecular complexity index is 1990. The van der Waals surface area contributed by atoms with Crippen LogP contribution in [0.2, 0.25) is 0 Å². The largest absolute Gasteiger partial charge is 0.493 e. The molecule has 0 aromatic heterocycles. The van der Waals surface area contributed by atoms with Gasteiger partial charge in [-0.2, -0.15) is 0 Å². The second kappa shape index (κ2) is 22.2. The summed E-state index contributed by atoms with van der Waals surface area (Å²) in [6.45, 7) is 7.76. The third kappa shape index (κ3) is 10.8. The maximum atomic E-state index is 6.61. The minimum atomic E-state index is -0.883. The van der Waals surface area contributed by atoms with Gasteiger partial charge in [-0.1, -0.05) is 189 Å². The fraction of sp³-hybridized carbons (Fsp3) is 0.143. The average molecular weight is 901 g/mol. The van der Waals surface area contributed by atoms with Gasteiger partial charge in [0.05, 0.1) is 13.2 Å². The van der Waals surface area contributed by atoms with Gasteiger partial charge in [0.25, 0.3) is 0 Å². The van der Waals surface area contributed by atoms with Crippen LogP contribution in [-0.4, -0.2) is 13.2 Å². The fourth-order valence-corrected chi connectivity index (χ4v) is 11.6. The molecule has 1 aliphatic rings. The molecule has 0 radical (unpaired) electrons. The van der Waals surface area contributed by atoms with Gasteiger partial charge in [-0.15, -0.1) is 0 Å². The second-order valence-electron chi connectivity index (χ2n) is 13.4. The zero-order valence-corrected chi connectivity index (χ0v) is 36.9. The standard InChI is InChI=1S/C39H32O2P2.C10H14.2ClH.Ru/c1-5-16-30(17-6-1)42(31-18-7-2-8-19-31)36-26-13-24-34-38(36)39-35(41-29-15-28-40-34)25-14-27-37(39)43(32-20-9-3-10-21-32)33-22-11-4-12-23-33;1-8(2)10-6-4-9(3)5-7-10;;;/h1-14,16-27H,15,28-29H2;4-8H,1-3H3;2*1H;/q;;;;+2/p-2. The van der Waals surface area contributed by atoms with Crippen molar-refractivity contribution in [3.05, 3.63) is 193 Å².